The van der Waals surface area contributed by atoms with Gasteiger partial charge in [-0.05, 0) is 30.3 Å². The molecule has 0 radical (unpaired) electrons. The van der Waals surface area contributed by atoms with Crippen LogP contribution in [-0.2, 0) is 15.8 Å². The van der Waals surface area contributed by atoms with Gasteiger partial charge in [-0.1, -0.05) is 12.1 Å². The molecule has 0 aliphatic rings. The van der Waals surface area contributed by atoms with Crippen LogP contribution in [0.3, 0.4) is 0 Å². The maximum absolute atomic E-state index is 13.6. The SMILES string of the molecule is CC(=O)N(CC(=O)Nc1c(F)cccc1F)c1cccc(C(F)(F)F)c1. The second kappa shape index (κ2) is 7.51. The summed E-state index contributed by atoms with van der Waals surface area (Å²) in [5, 5.41) is 1.97. The fourth-order valence-corrected chi connectivity index (χ4v) is 2.17. The molecule has 9 heteroatoms. The summed E-state index contributed by atoms with van der Waals surface area (Å²) in [7, 11) is 0. The second-order valence-electron chi connectivity index (χ2n) is 5.30. The summed E-state index contributed by atoms with van der Waals surface area (Å²) in [6.07, 6.45) is -4.63. The zero-order valence-electron chi connectivity index (χ0n) is 13.4. The molecule has 0 bridgehead atoms. The van der Waals surface area contributed by atoms with Gasteiger partial charge < -0.3 is 10.2 Å². The van der Waals surface area contributed by atoms with Crippen molar-refractivity contribution >= 4 is 23.2 Å². The van der Waals surface area contributed by atoms with Gasteiger partial charge in [-0.3, -0.25) is 9.59 Å². The van der Waals surface area contributed by atoms with Crippen LogP contribution < -0.4 is 10.2 Å². The van der Waals surface area contributed by atoms with Crippen LogP contribution in [0.2, 0.25) is 0 Å². The van der Waals surface area contributed by atoms with Crippen molar-refractivity contribution in [3.05, 3.63) is 59.7 Å². The van der Waals surface area contributed by atoms with Crippen LogP contribution in [-0.4, -0.2) is 18.4 Å². The molecule has 138 valence electrons. The Hall–Kier alpha value is -2.97. The van der Waals surface area contributed by atoms with E-state index < -0.39 is 47.4 Å². The van der Waals surface area contributed by atoms with Crippen LogP contribution in [0.15, 0.2) is 42.5 Å². The molecule has 0 aliphatic heterocycles. The van der Waals surface area contributed by atoms with Gasteiger partial charge >= 0.3 is 6.18 Å². The van der Waals surface area contributed by atoms with Crippen LogP contribution in [0.5, 0.6) is 0 Å². The Bertz CT molecular complexity index is 816. The number of carbonyl (C=O) groups is 2. The number of para-hydroxylation sites is 1. The molecule has 2 rings (SSSR count). The topological polar surface area (TPSA) is 49.4 Å². The van der Waals surface area contributed by atoms with Crippen molar-refractivity contribution < 1.29 is 31.5 Å². The van der Waals surface area contributed by atoms with Crippen LogP contribution in [0.25, 0.3) is 0 Å². The summed E-state index contributed by atoms with van der Waals surface area (Å²) in [6, 6.07) is 6.78. The Morgan fingerprint density at radius 2 is 1.62 bits per heavy atom. The van der Waals surface area contributed by atoms with Gasteiger partial charge in [-0.25, -0.2) is 8.78 Å². The number of nitrogens with zero attached hydrogens (tertiary/aromatic N) is 1. The lowest BCUT2D eigenvalue weighted by atomic mass is 10.1. The van der Waals surface area contributed by atoms with Gasteiger partial charge in [0, 0.05) is 12.6 Å². The van der Waals surface area contributed by atoms with E-state index in [9.17, 15) is 31.5 Å². The second-order valence-corrected chi connectivity index (χ2v) is 5.30. The molecule has 0 aliphatic carbocycles. The van der Waals surface area contributed by atoms with E-state index in [1.54, 1.807) is 0 Å². The highest BCUT2D eigenvalue weighted by atomic mass is 19.4. The molecule has 4 nitrogen and oxygen atoms in total. The number of hydrogen-bond acceptors (Lipinski definition) is 2. The van der Waals surface area contributed by atoms with Crippen molar-refractivity contribution in [1.82, 2.24) is 0 Å². The summed E-state index contributed by atoms with van der Waals surface area (Å²) < 4.78 is 65.5. The van der Waals surface area contributed by atoms with Gasteiger partial charge in [-0.15, -0.1) is 0 Å². The van der Waals surface area contributed by atoms with Gasteiger partial charge in [-0.2, -0.15) is 13.2 Å². The molecule has 0 spiro atoms. The summed E-state index contributed by atoms with van der Waals surface area (Å²) in [4.78, 5) is 24.5. The molecule has 26 heavy (non-hydrogen) atoms. The number of amides is 2. The molecule has 0 atom stereocenters. The fourth-order valence-electron chi connectivity index (χ4n) is 2.17. The average molecular weight is 372 g/mol. The standard InChI is InChI=1S/C17H13F5N2O2/c1-10(25)24(12-5-2-4-11(8-12)17(20,21)22)9-15(26)23-16-13(18)6-3-7-14(16)19/h2-8H,9H2,1H3,(H,23,26). The van der Waals surface area contributed by atoms with Gasteiger partial charge in [0.25, 0.3) is 0 Å². The van der Waals surface area contributed by atoms with E-state index in [1.165, 1.54) is 6.07 Å². The van der Waals surface area contributed by atoms with Crippen molar-refractivity contribution in [1.29, 1.82) is 0 Å². The molecule has 0 saturated heterocycles. The first-order valence-electron chi connectivity index (χ1n) is 7.29. The number of halogens is 5. The quantitative estimate of drug-likeness (QED) is 0.826. The third-order valence-corrected chi connectivity index (χ3v) is 3.39. The van der Waals surface area contributed by atoms with Crippen molar-refractivity contribution in [2.45, 2.75) is 13.1 Å². The van der Waals surface area contributed by atoms with E-state index in [2.05, 4.69) is 0 Å². The first-order valence-corrected chi connectivity index (χ1v) is 7.29. The molecule has 0 fully saturated rings. The average Bonchev–Trinajstić information content (AvgIpc) is 2.55. The highest BCUT2D eigenvalue weighted by molar-refractivity contribution is 6.01. The number of alkyl halides is 3. The van der Waals surface area contributed by atoms with Crippen molar-refractivity contribution in [3.8, 4) is 0 Å². The number of hydrogen-bond donors (Lipinski definition) is 1. The molecular formula is C17H13F5N2O2. The normalized spacial score (nSPS) is 11.2. The number of rotatable bonds is 4. The fraction of sp³-hybridized carbons (Fsp3) is 0.176. The Labute approximate surface area is 145 Å². The number of carbonyl (C=O) groups excluding carboxylic acids is 2. The van der Waals surface area contributed by atoms with E-state index in [-0.39, 0.29) is 5.69 Å². The lowest BCUT2D eigenvalue weighted by Gasteiger charge is -2.22. The van der Waals surface area contributed by atoms with Crippen LogP contribution >= 0.6 is 0 Å². The highest BCUT2D eigenvalue weighted by Gasteiger charge is 2.31. The molecule has 0 saturated carbocycles. The zero-order chi connectivity index (χ0) is 19.5. The third kappa shape index (κ3) is 4.56. The van der Waals surface area contributed by atoms with Gasteiger partial charge in [0.2, 0.25) is 11.8 Å². The minimum absolute atomic E-state index is 0.170. The first-order chi connectivity index (χ1) is 12.1. The molecule has 2 aromatic carbocycles. The Balaban J connectivity index is 2.24. The van der Waals surface area contributed by atoms with Crippen molar-refractivity contribution in [3.63, 3.8) is 0 Å². The van der Waals surface area contributed by atoms with Crippen LogP contribution in [0, 0.1) is 11.6 Å². The van der Waals surface area contributed by atoms with E-state index in [0.717, 1.165) is 42.2 Å². The lowest BCUT2D eigenvalue weighted by Crippen LogP contribution is -2.37. The Morgan fingerprint density at radius 1 is 1.04 bits per heavy atom. The largest absolute Gasteiger partial charge is 0.416 e. The van der Waals surface area contributed by atoms with Crippen LogP contribution in [0.4, 0.5) is 33.3 Å². The number of benzene rings is 2. The third-order valence-electron chi connectivity index (χ3n) is 3.39. The van der Waals surface area contributed by atoms with Crippen molar-refractivity contribution in [2.75, 3.05) is 16.8 Å². The maximum atomic E-state index is 13.6. The first kappa shape index (κ1) is 19.4. The minimum atomic E-state index is -4.63. The van der Waals surface area contributed by atoms with E-state index in [4.69, 9.17) is 0 Å². The van der Waals surface area contributed by atoms with Gasteiger partial charge in [0.1, 0.15) is 23.9 Å². The Kier molecular flexibility index (Phi) is 5.59. The molecule has 2 amide bonds. The highest BCUT2D eigenvalue weighted by Crippen LogP contribution is 2.31. The van der Waals surface area contributed by atoms with Crippen LogP contribution in [0.1, 0.15) is 12.5 Å². The van der Waals surface area contributed by atoms with Crippen molar-refractivity contribution in [2.24, 2.45) is 0 Å². The van der Waals surface area contributed by atoms with E-state index in [0.29, 0.717) is 6.07 Å². The number of nitrogens with one attached hydrogen (secondary N) is 1. The predicted molar refractivity (Wildman–Crippen MR) is 84.5 cm³/mol. The summed E-state index contributed by atoms with van der Waals surface area (Å²) >= 11 is 0. The molecule has 2 aromatic rings. The number of anilines is 2. The molecule has 0 heterocycles. The maximum Gasteiger partial charge on any atom is 0.416 e. The summed E-state index contributed by atoms with van der Waals surface area (Å²) in [6.45, 7) is 0.335. The molecule has 1 N–H and O–H groups in total. The van der Waals surface area contributed by atoms with Gasteiger partial charge in [0.05, 0.1) is 5.56 Å². The molecule has 0 aromatic heterocycles. The van der Waals surface area contributed by atoms with E-state index >= 15 is 0 Å². The molecule has 0 unspecified atom stereocenters. The smallest absolute Gasteiger partial charge is 0.320 e. The predicted octanol–water partition coefficient (Wildman–Crippen LogP) is 3.98. The monoisotopic (exact) mass is 372 g/mol. The van der Waals surface area contributed by atoms with E-state index in [1.807, 2.05) is 5.32 Å². The zero-order valence-corrected chi connectivity index (χ0v) is 13.4. The van der Waals surface area contributed by atoms with Gasteiger partial charge in [0.15, 0.2) is 0 Å². The Morgan fingerprint density at radius 3 is 2.15 bits per heavy atom. The lowest BCUT2D eigenvalue weighted by molar-refractivity contribution is -0.137. The summed E-state index contributed by atoms with van der Waals surface area (Å²) in [5.41, 5.74) is -1.87. The summed E-state index contributed by atoms with van der Waals surface area (Å²) in [5.74, 6) is -3.73. The molecular weight excluding hydrogens is 359 g/mol. The minimum Gasteiger partial charge on any atom is -0.320 e.